The summed E-state index contributed by atoms with van der Waals surface area (Å²) in [4.78, 5) is 0. The quantitative estimate of drug-likeness (QED) is 0.684. The molecule has 0 amide bonds. The van der Waals surface area contributed by atoms with E-state index in [0.29, 0.717) is 5.75 Å². The first-order valence-electron chi connectivity index (χ1n) is 3.07. The number of hydrogen-bond donors (Lipinski definition) is 1. The molecule has 0 spiro atoms. The van der Waals surface area contributed by atoms with Gasteiger partial charge in [-0.25, -0.2) is 0 Å². The van der Waals surface area contributed by atoms with Crippen LogP contribution in [0.1, 0.15) is 11.1 Å². The number of hydrogen-bond acceptors (Lipinski definition) is 1. The van der Waals surface area contributed by atoms with Crippen molar-refractivity contribution < 1.29 is 5.11 Å². The summed E-state index contributed by atoms with van der Waals surface area (Å²) in [6, 6.07) is 3.87. The molecule has 1 N–H and O–H groups in total. The molecule has 2 heteroatoms. The van der Waals surface area contributed by atoms with Crippen LogP contribution in [0.25, 0.3) is 0 Å². The fourth-order valence-electron chi connectivity index (χ4n) is 0.762. The summed E-state index contributed by atoms with van der Waals surface area (Å²) in [5.41, 5.74) is 1.96. The lowest BCUT2D eigenvalue weighted by Gasteiger charge is -2.02. The summed E-state index contributed by atoms with van der Waals surface area (Å²) in [6.45, 7) is 3.82. The van der Waals surface area contributed by atoms with Gasteiger partial charge in [-0.2, -0.15) is 0 Å². The van der Waals surface area contributed by atoms with Crippen LogP contribution in [0, 0.1) is 13.8 Å². The van der Waals surface area contributed by atoms with E-state index in [-0.39, 0.29) is 0 Å². The van der Waals surface area contributed by atoms with Gasteiger partial charge in [-0.1, -0.05) is 12.1 Å². The SMILES string of the molecule is Cc1ccc(C)c(Br)c1O. The number of benzene rings is 1. The first-order valence-corrected chi connectivity index (χ1v) is 3.87. The molecule has 54 valence electrons. The molecule has 0 atom stereocenters. The zero-order chi connectivity index (χ0) is 7.72. The van der Waals surface area contributed by atoms with E-state index in [1.54, 1.807) is 0 Å². The third-order valence-electron chi connectivity index (χ3n) is 1.51. The molecule has 0 aromatic heterocycles. The first kappa shape index (κ1) is 7.61. The van der Waals surface area contributed by atoms with Gasteiger partial charge >= 0.3 is 0 Å². The Morgan fingerprint density at radius 1 is 1.20 bits per heavy atom. The largest absolute Gasteiger partial charge is 0.506 e. The second kappa shape index (κ2) is 2.62. The van der Waals surface area contributed by atoms with E-state index < -0.39 is 0 Å². The molecule has 0 unspecified atom stereocenters. The Hall–Kier alpha value is -0.500. The number of halogens is 1. The van der Waals surface area contributed by atoms with E-state index in [1.165, 1.54) is 0 Å². The Labute approximate surface area is 68.8 Å². The maximum atomic E-state index is 9.34. The highest BCUT2D eigenvalue weighted by atomic mass is 79.9. The van der Waals surface area contributed by atoms with Gasteiger partial charge in [0.05, 0.1) is 4.47 Å². The van der Waals surface area contributed by atoms with Crippen molar-refractivity contribution in [1.82, 2.24) is 0 Å². The van der Waals surface area contributed by atoms with Crippen molar-refractivity contribution in [2.45, 2.75) is 13.8 Å². The molecular formula is C8H9BrO. The fraction of sp³-hybridized carbons (Fsp3) is 0.250. The number of rotatable bonds is 0. The van der Waals surface area contributed by atoms with Crippen LogP contribution in [-0.2, 0) is 0 Å². The van der Waals surface area contributed by atoms with Gasteiger partial charge in [0.15, 0.2) is 0 Å². The van der Waals surface area contributed by atoms with Gasteiger partial charge < -0.3 is 5.11 Å². The molecule has 0 fully saturated rings. The van der Waals surface area contributed by atoms with Gasteiger partial charge in [-0.05, 0) is 40.9 Å². The lowest BCUT2D eigenvalue weighted by Crippen LogP contribution is -1.79. The normalized spacial score (nSPS) is 9.90. The van der Waals surface area contributed by atoms with Crippen LogP contribution in [0.4, 0.5) is 0 Å². The molecule has 0 saturated heterocycles. The minimum atomic E-state index is 0.347. The molecule has 1 aromatic rings. The highest BCUT2D eigenvalue weighted by Gasteiger charge is 2.02. The van der Waals surface area contributed by atoms with Crippen LogP contribution < -0.4 is 0 Å². The van der Waals surface area contributed by atoms with Crippen LogP contribution in [0.3, 0.4) is 0 Å². The standard InChI is InChI=1S/C8H9BrO/c1-5-3-4-6(2)8(10)7(5)9/h3-4,10H,1-2H3. The van der Waals surface area contributed by atoms with Crippen molar-refractivity contribution >= 4 is 15.9 Å². The second-order valence-electron chi connectivity index (χ2n) is 2.36. The van der Waals surface area contributed by atoms with Crippen molar-refractivity contribution in [3.63, 3.8) is 0 Å². The van der Waals surface area contributed by atoms with E-state index in [4.69, 9.17) is 0 Å². The topological polar surface area (TPSA) is 20.2 Å². The molecule has 1 aromatic carbocycles. The molecule has 0 aliphatic rings. The Morgan fingerprint density at radius 3 is 2.20 bits per heavy atom. The molecule has 1 nitrogen and oxygen atoms in total. The smallest absolute Gasteiger partial charge is 0.132 e. The van der Waals surface area contributed by atoms with Crippen molar-refractivity contribution in [3.05, 3.63) is 27.7 Å². The highest BCUT2D eigenvalue weighted by Crippen LogP contribution is 2.29. The minimum Gasteiger partial charge on any atom is -0.506 e. The van der Waals surface area contributed by atoms with Crippen LogP contribution >= 0.6 is 15.9 Å². The monoisotopic (exact) mass is 200 g/mol. The van der Waals surface area contributed by atoms with Gasteiger partial charge in [0.2, 0.25) is 0 Å². The zero-order valence-electron chi connectivity index (χ0n) is 5.98. The van der Waals surface area contributed by atoms with Gasteiger partial charge in [0.1, 0.15) is 5.75 Å². The average Bonchev–Trinajstić information content (AvgIpc) is 1.93. The summed E-state index contributed by atoms with van der Waals surface area (Å²) in [5, 5.41) is 9.34. The summed E-state index contributed by atoms with van der Waals surface area (Å²) < 4.78 is 0.799. The van der Waals surface area contributed by atoms with Crippen LogP contribution in [0.5, 0.6) is 5.75 Å². The fourth-order valence-corrected chi connectivity index (χ4v) is 1.21. The lowest BCUT2D eigenvalue weighted by molar-refractivity contribution is 0.467. The predicted molar refractivity (Wildman–Crippen MR) is 45.3 cm³/mol. The number of phenolic OH excluding ortho intramolecular Hbond substituents is 1. The highest BCUT2D eigenvalue weighted by molar-refractivity contribution is 9.10. The summed E-state index contributed by atoms with van der Waals surface area (Å²) >= 11 is 3.28. The van der Waals surface area contributed by atoms with Gasteiger partial charge in [-0.3, -0.25) is 0 Å². The average molecular weight is 201 g/mol. The van der Waals surface area contributed by atoms with Crippen LogP contribution in [-0.4, -0.2) is 5.11 Å². The maximum absolute atomic E-state index is 9.34. The third kappa shape index (κ3) is 1.16. The number of aromatic hydroxyl groups is 1. The predicted octanol–water partition coefficient (Wildman–Crippen LogP) is 2.77. The van der Waals surface area contributed by atoms with Crippen LogP contribution in [0.2, 0.25) is 0 Å². The van der Waals surface area contributed by atoms with E-state index in [9.17, 15) is 5.11 Å². The number of phenols is 1. The van der Waals surface area contributed by atoms with Crippen molar-refractivity contribution in [2.24, 2.45) is 0 Å². The van der Waals surface area contributed by atoms with Gasteiger partial charge in [-0.15, -0.1) is 0 Å². The van der Waals surface area contributed by atoms with Crippen LogP contribution in [0.15, 0.2) is 16.6 Å². The molecule has 0 saturated carbocycles. The third-order valence-corrected chi connectivity index (χ3v) is 2.51. The molecule has 0 radical (unpaired) electrons. The lowest BCUT2D eigenvalue weighted by atomic mass is 10.1. The summed E-state index contributed by atoms with van der Waals surface area (Å²) in [5.74, 6) is 0.347. The van der Waals surface area contributed by atoms with E-state index >= 15 is 0 Å². The van der Waals surface area contributed by atoms with E-state index in [2.05, 4.69) is 15.9 Å². The van der Waals surface area contributed by atoms with E-state index in [1.807, 2.05) is 26.0 Å². The molecule has 0 heterocycles. The van der Waals surface area contributed by atoms with Crippen molar-refractivity contribution in [1.29, 1.82) is 0 Å². The Morgan fingerprint density at radius 2 is 1.70 bits per heavy atom. The Balaban J connectivity index is 3.34. The van der Waals surface area contributed by atoms with Gasteiger partial charge in [0.25, 0.3) is 0 Å². The molecule has 0 bridgehead atoms. The molecular weight excluding hydrogens is 192 g/mol. The first-order chi connectivity index (χ1) is 4.63. The summed E-state index contributed by atoms with van der Waals surface area (Å²) in [6.07, 6.45) is 0. The minimum absolute atomic E-state index is 0.347. The molecule has 1 rings (SSSR count). The number of aryl methyl sites for hydroxylation is 2. The van der Waals surface area contributed by atoms with E-state index in [0.717, 1.165) is 15.6 Å². The molecule has 0 aliphatic heterocycles. The molecule has 0 aliphatic carbocycles. The maximum Gasteiger partial charge on any atom is 0.132 e. The Bertz CT molecular complexity index is 229. The van der Waals surface area contributed by atoms with Gasteiger partial charge in [0, 0.05) is 0 Å². The zero-order valence-corrected chi connectivity index (χ0v) is 7.57. The Kier molecular flexibility index (Phi) is 2.00. The summed E-state index contributed by atoms with van der Waals surface area (Å²) in [7, 11) is 0. The molecule has 10 heavy (non-hydrogen) atoms. The van der Waals surface area contributed by atoms with Crippen molar-refractivity contribution in [2.75, 3.05) is 0 Å². The van der Waals surface area contributed by atoms with Crippen molar-refractivity contribution in [3.8, 4) is 5.75 Å². The second-order valence-corrected chi connectivity index (χ2v) is 3.15.